The van der Waals surface area contributed by atoms with E-state index in [9.17, 15) is 0 Å². The summed E-state index contributed by atoms with van der Waals surface area (Å²) in [7, 11) is 0. The summed E-state index contributed by atoms with van der Waals surface area (Å²) in [5.74, 6) is 0. The van der Waals surface area contributed by atoms with Gasteiger partial charge >= 0.3 is 0 Å². The van der Waals surface area contributed by atoms with Crippen LogP contribution in [0.4, 0.5) is 0 Å². The largest absolute Gasteiger partial charge is 0.331 e. The third kappa shape index (κ3) is 3.71. The van der Waals surface area contributed by atoms with Gasteiger partial charge < -0.3 is 9.88 Å². The summed E-state index contributed by atoms with van der Waals surface area (Å²) in [6, 6.07) is 16.7. The molecule has 0 atom stereocenters. The average Bonchev–Trinajstić information content (AvgIpc) is 2.92. The van der Waals surface area contributed by atoms with Crippen LogP contribution in [0.5, 0.6) is 0 Å². The highest BCUT2D eigenvalue weighted by Gasteiger charge is 2.00. The molecule has 0 unspecified atom stereocenters. The average molecular weight is 344 g/mol. The standard InChI is InChI=1S/C17H18BrN3/c18-15-8-6-14(7-9-15)12-19-10-3-11-21-13-20-16-4-1-2-5-17(16)21/h1-2,4-9,13,19H,3,10-12H2. The van der Waals surface area contributed by atoms with Crippen molar-refractivity contribution in [2.24, 2.45) is 0 Å². The summed E-state index contributed by atoms with van der Waals surface area (Å²) >= 11 is 3.45. The van der Waals surface area contributed by atoms with Gasteiger partial charge in [0.15, 0.2) is 0 Å². The summed E-state index contributed by atoms with van der Waals surface area (Å²) in [4.78, 5) is 4.41. The number of para-hydroxylation sites is 2. The van der Waals surface area contributed by atoms with Gasteiger partial charge in [-0.1, -0.05) is 40.2 Å². The number of hydrogen-bond acceptors (Lipinski definition) is 2. The van der Waals surface area contributed by atoms with Crippen molar-refractivity contribution in [1.82, 2.24) is 14.9 Å². The molecule has 0 radical (unpaired) electrons. The molecule has 1 N–H and O–H groups in total. The van der Waals surface area contributed by atoms with Crippen LogP contribution in [0.1, 0.15) is 12.0 Å². The molecule has 3 aromatic rings. The van der Waals surface area contributed by atoms with Crippen LogP contribution < -0.4 is 5.32 Å². The molecule has 0 bridgehead atoms. The van der Waals surface area contributed by atoms with E-state index in [4.69, 9.17) is 0 Å². The number of nitrogens with one attached hydrogen (secondary N) is 1. The van der Waals surface area contributed by atoms with Crippen LogP contribution in [0, 0.1) is 0 Å². The van der Waals surface area contributed by atoms with Crippen molar-refractivity contribution < 1.29 is 0 Å². The molecule has 0 aliphatic carbocycles. The Morgan fingerprint density at radius 3 is 2.71 bits per heavy atom. The summed E-state index contributed by atoms with van der Waals surface area (Å²) in [6.07, 6.45) is 3.02. The first-order valence-corrected chi connectivity index (χ1v) is 7.97. The van der Waals surface area contributed by atoms with Crippen molar-refractivity contribution in [3.63, 3.8) is 0 Å². The number of halogens is 1. The zero-order valence-corrected chi connectivity index (χ0v) is 13.4. The van der Waals surface area contributed by atoms with Gasteiger partial charge in [-0.05, 0) is 42.8 Å². The van der Waals surface area contributed by atoms with E-state index < -0.39 is 0 Å². The number of rotatable bonds is 6. The highest BCUT2D eigenvalue weighted by Crippen LogP contribution is 2.12. The van der Waals surface area contributed by atoms with Crippen LogP contribution in [0.2, 0.25) is 0 Å². The molecule has 0 saturated heterocycles. The lowest BCUT2D eigenvalue weighted by atomic mass is 10.2. The number of hydrogen-bond donors (Lipinski definition) is 1. The minimum Gasteiger partial charge on any atom is -0.331 e. The maximum absolute atomic E-state index is 4.41. The molecule has 3 rings (SSSR count). The number of aromatic nitrogens is 2. The lowest BCUT2D eigenvalue weighted by Gasteiger charge is -2.07. The molecular weight excluding hydrogens is 326 g/mol. The minimum absolute atomic E-state index is 0.915. The normalized spacial score (nSPS) is 11.1. The molecule has 1 aromatic heterocycles. The molecule has 1 heterocycles. The quantitative estimate of drug-likeness (QED) is 0.686. The summed E-state index contributed by atoms with van der Waals surface area (Å²) < 4.78 is 3.34. The van der Waals surface area contributed by atoms with E-state index in [1.165, 1.54) is 11.1 Å². The number of fused-ring (bicyclic) bond motifs is 1. The molecule has 2 aromatic carbocycles. The molecule has 0 saturated carbocycles. The summed E-state index contributed by atoms with van der Waals surface area (Å²) in [5, 5.41) is 3.48. The maximum Gasteiger partial charge on any atom is 0.0958 e. The zero-order chi connectivity index (χ0) is 14.5. The van der Waals surface area contributed by atoms with Crippen LogP contribution in [-0.2, 0) is 13.1 Å². The fourth-order valence-corrected chi connectivity index (χ4v) is 2.66. The van der Waals surface area contributed by atoms with Crippen LogP contribution in [0.3, 0.4) is 0 Å². The molecule has 108 valence electrons. The number of benzene rings is 2. The van der Waals surface area contributed by atoms with Crippen molar-refractivity contribution in [2.75, 3.05) is 6.54 Å². The lowest BCUT2D eigenvalue weighted by Crippen LogP contribution is -2.16. The lowest BCUT2D eigenvalue weighted by molar-refractivity contribution is 0.588. The summed E-state index contributed by atoms with van der Waals surface area (Å²) in [5.41, 5.74) is 3.59. The molecule has 4 heteroatoms. The van der Waals surface area contributed by atoms with Crippen LogP contribution >= 0.6 is 15.9 Å². The Morgan fingerprint density at radius 2 is 1.86 bits per heavy atom. The molecular formula is C17H18BrN3. The Bertz CT molecular complexity index is 703. The van der Waals surface area contributed by atoms with Gasteiger partial charge in [-0.25, -0.2) is 4.98 Å². The third-order valence-corrected chi connectivity index (χ3v) is 4.05. The first-order chi connectivity index (χ1) is 10.3. The van der Waals surface area contributed by atoms with Gasteiger partial charge in [0.25, 0.3) is 0 Å². The van der Waals surface area contributed by atoms with Crippen LogP contribution in [-0.4, -0.2) is 16.1 Å². The highest BCUT2D eigenvalue weighted by molar-refractivity contribution is 9.10. The molecule has 0 aliphatic heterocycles. The second-order valence-corrected chi connectivity index (χ2v) is 6.00. The van der Waals surface area contributed by atoms with Gasteiger partial charge in [0.1, 0.15) is 0 Å². The van der Waals surface area contributed by atoms with Crippen molar-refractivity contribution in [3.8, 4) is 0 Å². The minimum atomic E-state index is 0.915. The monoisotopic (exact) mass is 343 g/mol. The first kappa shape index (κ1) is 14.3. The molecule has 0 spiro atoms. The number of imidazole rings is 1. The second-order valence-electron chi connectivity index (χ2n) is 5.08. The SMILES string of the molecule is Brc1ccc(CNCCCn2cnc3ccccc32)cc1. The Morgan fingerprint density at radius 1 is 1.05 bits per heavy atom. The van der Waals surface area contributed by atoms with E-state index >= 15 is 0 Å². The van der Waals surface area contributed by atoms with E-state index in [-0.39, 0.29) is 0 Å². The van der Waals surface area contributed by atoms with E-state index in [2.05, 4.69) is 73.3 Å². The second kappa shape index (κ2) is 6.87. The maximum atomic E-state index is 4.41. The van der Waals surface area contributed by atoms with E-state index in [1.54, 1.807) is 0 Å². The van der Waals surface area contributed by atoms with E-state index in [0.29, 0.717) is 0 Å². The van der Waals surface area contributed by atoms with Gasteiger partial charge in [-0.3, -0.25) is 0 Å². The number of nitrogens with zero attached hydrogens (tertiary/aromatic N) is 2. The predicted octanol–water partition coefficient (Wildman–Crippen LogP) is 3.98. The first-order valence-electron chi connectivity index (χ1n) is 7.18. The molecule has 3 nitrogen and oxygen atoms in total. The third-order valence-electron chi connectivity index (χ3n) is 3.52. The topological polar surface area (TPSA) is 29.9 Å². The van der Waals surface area contributed by atoms with Crippen molar-refractivity contribution >= 4 is 27.0 Å². The van der Waals surface area contributed by atoms with Gasteiger partial charge in [-0.2, -0.15) is 0 Å². The van der Waals surface area contributed by atoms with Gasteiger partial charge in [0, 0.05) is 17.6 Å². The van der Waals surface area contributed by atoms with Gasteiger partial charge in [-0.15, -0.1) is 0 Å². The molecule has 0 fully saturated rings. The van der Waals surface area contributed by atoms with Crippen molar-refractivity contribution in [1.29, 1.82) is 0 Å². The molecule has 0 aliphatic rings. The zero-order valence-electron chi connectivity index (χ0n) is 11.8. The van der Waals surface area contributed by atoms with Gasteiger partial charge in [0.05, 0.1) is 17.4 Å². The fraction of sp³-hybridized carbons (Fsp3) is 0.235. The smallest absolute Gasteiger partial charge is 0.0958 e. The van der Waals surface area contributed by atoms with Crippen LogP contribution in [0.15, 0.2) is 59.3 Å². The highest BCUT2D eigenvalue weighted by atomic mass is 79.9. The van der Waals surface area contributed by atoms with E-state index in [0.717, 1.165) is 36.0 Å². The fourth-order valence-electron chi connectivity index (χ4n) is 2.40. The Kier molecular flexibility index (Phi) is 4.68. The number of aryl methyl sites for hydroxylation is 1. The Labute approximate surface area is 133 Å². The Hall–Kier alpha value is -1.65. The van der Waals surface area contributed by atoms with Gasteiger partial charge in [0.2, 0.25) is 0 Å². The predicted molar refractivity (Wildman–Crippen MR) is 90.2 cm³/mol. The summed E-state index contributed by atoms with van der Waals surface area (Å²) in [6.45, 7) is 2.91. The molecule has 0 amide bonds. The van der Waals surface area contributed by atoms with Crippen LogP contribution in [0.25, 0.3) is 11.0 Å². The van der Waals surface area contributed by atoms with E-state index in [1.807, 2.05) is 12.4 Å². The molecule has 21 heavy (non-hydrogen) atoms. The van der Waals surface area contributed by atoms with Crippen molar-refractivity contribution in [3.05, 3.63) is 64.9 Å². The van der Waals surface area contributed by atoms with Crippen molar-refractivity contribution in [2.45, 2.75) is 19.5 Å². The Balaban J connectivity index is 1.45.